The quantitative estimate of drug-likeness (QED) is 0.534. The van der Waals surface area contributed by atoms with Crippen LogP contribution in [0.15, 0.2) is 47.1 Å². The maximum Gasteiger partial charge on any atom is 0.379 e. The maximum absolute atomic E-state index is 11.6. The van der Waals surface area contributed by atoms with Crippen molar-refractivity contribution >= 4 is 40.8 Å². The van der Waals surface area contributed by atoms with Crippen LogP contribution in [0.1, 0.15) is 10.6 Å². The molecule has 0 aliphatic carbocycles. The zero-order chi connectivity index (χ0) is 14.5. The lowest BCUT2D eigenvalue weighted by Gasteiger charge is -2.06. The minimum absolute atomic E-state index is 0.106. The normalized spacial score (nSPS) is 10.3. The summed E-state index contributed by atoms with van der Waals surface area (Å²) in [6, 6.07) is 9.24. The van der Waals surface area contributed by atoms with Crippen molar-refractivity contribution in [1.82, 2.24) is 0 Å². The lowest BCUT2D eigenvalue weighted by molar-refractivity contribution is -0.114. The fraction of sp³-hybridized carbons (Fsp3) is 0.0769. The molecule has 0 aliphatic heterocycles. The summed E-state index contributed by atoms with van der Waals surface area (Å²) in [6.07, 6.45) is 1.38. The fourth-order valence-corrected chi connectivity index (χ4v) is 1.46. The Kier molecular flexibility index (Phi) is 4.65. The Bertz CT molecular complexity index is 593. The van der Waals surface area contributed by atoms with Gasteiger partial charge in [-0.1, -0.05) is 23.2 Å². The van der Waals surface area contributed by atoms with Crippen molar-refractivity contribution in [2.45, 2.75) is 4.84 Å². The van der Waals surface area contributed by atoms with Gasteiger partial charge in [0.25, 0.3) is 5.91 Å². The number of hydrogen-bond acceptors (Lipinski definition) is 4. The van der Waals surface area contributed by atoms with Gasteiger partial charge in [-0.15, -0.1) is 0 Å². The highest BCUT2D eigenvalue weighted by molar-refractivity contribution is 6.54. The van der Waals surface area contributed by atoms with Crippen LogP contribution in [0.3, 0.4) is 0 Å². The largest absolute Gasteiger partial charge is 0.457 e. The van der Waals surface area contributed by atoms with Crippen molar-refractivity contribution < 1.29 is 18.7 Å². The first-order valence-corrected chi connectivity index (χ1v) is 6.38. The molecule has 0 saturated carbocycles. The number of anilines is 1. The van der Waals surface area contributed by atoms with Crippen LogP contribution >= 0.6 is 23.2 Å². The van der Waals surface area contributed by atoms with E-state index >= 15 is 0 Å². The first-order chi connectivity index (χ1) is 9.56. The van der Waals surface area contributed by atoms with E-state index in [0.29, 0.717) is 11.4 Å². The number of carbonyl (C=O) groups is 2. The third-order valence-electron chi connectivity index (χ3n) is 2.25. The summed E-state index contributed by atoms with van der Waals surface area (Å²) in [5.41, 5.74) is 0.485. The molecule has 0 bridgehead atoms. The predicted molar refractivity (Wildman–Crippen MR) is 74.2 cm³/mol. The minimum atomic E-state index is -1.15. The number of furan rings is 1. The zero-order valence-electron chi connectivity index (χ0n) is 10.0. The number of alkyl halides is 2. The zero-order valence-corrected chi connectivity index (χ0v) is 11.5. The lowest BCUT2D eigenvalue weighted by Crippen LogP contribution is -2.18. The summed E-state index contributed by atoms with van der Waals surface area (Å²) in [5, 5.41) is 2.49. The second-order valence-electron chi connectivity index (χ2n) is 3.68. The van der Waals surface area contributed by atoms with Crippen molar-refractivity contribution in [2.75, 3.05) is 5.32 Å². The Morgan fingerprint density at radius 1 is 1.15 bits per heavy atom. The van der Waals surface area contributed by atoms with E-state index in [2.05, 4.69) is 5.32 Å². The molecule has 1 aromatic heterocycles. The molecule has 0 radical (unpaired) electrons. The standard InChI is InChI=1S/C13H9Cl2NO4/c14-11(15)12(17)16-8-3-5-9(6-4-8)20-13(18)10-2-1-7-19-10/h1-7,11H,(H,16,17). The third-order valence-corrected chi connectivity index (χ3v) is 2.65. The molecule has 1 N–H and O–H groups in total. The highest BCUT2D eigenvalue weighted by Crippen LogP contribution is 2.18. The van der Waals surface area contributed by atoms with Gasteiger partial charge < -0.3 is 14.5 Å². The Balaban J connectivity index is 1.98. The van der Waals surface area contributed by atoms with Crippen LogP contribution < -0.4 is 10.1 Å². The van der Waals surface area contributed by atoms with Crippen LogP contribution in [0.5, 0.6) is 5.75 Å². The van der Waals surface area contributed by atoms with E-state index in [1.165, 1.54) is 24.5 Å². The number of ether oxygens (including phenoxy) is 1. The van der Waals surface area contributed by atoms with Crippen LogP contribution in [0.2, 0.25) is 0 Å². The van der Waals surface area contributed by atoms with Crippen molar-refractivity contribution in [3.05, 3.63) is 48.4 Å². The Hall–Kier alpha value is -1.98. The van der Waals surface area contributed by atoms with Crippen molar-refractivity contribution in [2.24, 2.45) is 0 Å². The van der Waals surface area contributed by atoms with Gasteiger partial charge in [-0.05, 0) is 36.4 Å². The molecular weight excluding hydrogens is 305 g/mol. The maximum atomic E-state index is 11.6. The Labute approximate surface area is 124 Å². The highest BCUT2D eigenvalue weighted by atomic mass is 35.5. The van der Waals surface area contributed by atoms with Gasteiger partial charge in [0.2, 0.25) is 5.76 Å². The van der Waals surface area contributed by atoms with Gasteiger partial charge >= 0.3 is 5.97 Å². The molecule has 20 heavy (non-hydrogen) atoms. The van der Waals surface area contributed by atoms with Crippen molar-refractivity contribution in [1.29, 1.82) is 0 Å². The summed E-state index contributed by atoms with van der Waals surface area (Å²) in [7, 11) is 0. The number of nitrogens with one attached hydrogen (secondary N) is 1. The van der Waals surface area contributed by atoms with Crippen LogP contribution in [0.25, 0.3) is 0 Å². The van der Waals surface area contributed by atoms with Gasteiger partial charge in [-0.3, -0.25) is 4.79 Å². The summed E-state index contributed by atoms with van der Waals surface area (Å²) in [5.74, 6) is -0.714. The Morgan fingerprint density at radius 3 is 2.40 bits per heavy atom. The van der Waals surface area contributed by atoms with Gasteiger partial charge in [0.1, 0.15) is 5.75 Å². The topological polar surface area (TPSA) is 68.5 Å². The van der Waals surface area contributed by atoms with Gasteiger partial charge in [-0.2, -0.15) is 0 Å². The molecule has 0 unspecified atom stereocenters. The van der Waals surface area contributed by atoms with Gasteiger partial charge in [-0.25, -0.2) is 4.79 Å². The number of carbonyl (C=O) groups excluding carboxylic acids is 2. The molecule has 1 amide bonds. The molecule has 0 fully saturated rings. The molecule has 1 heterocycles. The molecule has 7 heteroatoms. The van der Waals surface area contributed by atoms with Gasteiger partial charge in [0.15, 0.2) is 4.84 Å². The average Bonchev–Trinajstić information content (AvgIpc) is 2.95. The van der Waals surface area contributed by atoms with E-state index in [0.717, 1.165) is 0 Å². The summed E-state index contributed by atoms with van der Waals surface area (Å²) in [4.78, 5) is 21.7. The second-order valence-corrected chi connectivity index (χ2v) is 4.78. The number of hydrogen-bond donors (Lipinski definition) is 1. The minimum Gasteiger partial charge on any atom is -0.457 e. The van der Waals surface area contributed by atoms with Crippen molar-refractivity contribution in [3.63, 3.8) is 0 Å². The number of halogens is 2. The number of esters is 1. The van der Waals surface area contributed by atoms with E-state index in [9.17, 15) is 9.59 Å². The van der Waals surface area contributed by atoms with E-state index in [4.69, 9.17) is 32.4 Å². The third kappa shape index (κ3) is 3.76. The monoisotopic (exact) mass is 313 g/mol. The van der Waals surface area contributed by atoms with Gasteiger partial charge in [0, 0.05) is 5.69 Å². The first kappa shape index (κ1) is 14.4. The fourth-order valence-electron chi connectivity index (χ4n) is 1.36. The van der Waals surface area contributed by atoms with Gasteiger partial charge in [0.05, 0.1) is 6.26 Å². The average molecular weight is 314 g/mol. The molecule has 5 nitrogen and oxygen atoms in total. The summed E-state index contributed by atoms with van der Waals surface area (Å²) < 4.78 is 9.98. The predicted octanol–water partition coefficient (Wildman–Crippen LogP) is 3.24. The van der Waals surface area contributed by atoms with E-state index in [1.54, 1.807) is 18.2 Å². The lowest BCUT2D eigenvalue weighted by atomic mass is 10.3. The molecule has 1 aromatic carbocycles. The van der Waals surface area contributed by atoms with E-state index < -0.39 is 16.7 Å². The molecule has 0 aliphatic rings. The number of rotatable bonds is 4. The van der Waals surface area contributed by atoms with Crippen LogP contribution in [-0.4, -0.2) is 16.7 Å². The second kappa shape index (κ2) is 6.45. The van der Waals surface area contributed by atoms with Crippen LogP contribution in [0, 0.1) is 0 Å². The first-order valence-electron chi connectivity index (χ1n) is 5.51. The summed E-state index contributed by atoms with van der Waals surface area (Å²) >= 11 is 10.8. The van der Waals surface area contributed by atoms with E-state index in [1.807, 2.05) is 0 Å². The smallest absolute Gasteiger partial charge is 0.379 e. The molecule has 0 saturated heterocycles. The van der Waals surface area contributed by atoms with Crippen LogP contribution in [0.4, 0.5) is 5.69 Å². The van der Waals surface area contributed by atoms with E-state index in [-0.39, 0.29) is 5.76 Å². The molecule has 0 spiro atoms. The highest BCUT2D eigenvalue weighted by Gasteiger charge is 2.13. The SMILES string of the molecule is O=C(Oc1ccc(NC(=O)C(Cl)Cl)cc1)c1ccco1. The molecule has 104 valence electrons. The Morgan fingerprint density at radius 2 is 1.85 bits per heavy atom. The molecule has 2 aromatic rings. The molecule has 0 atom stereocenters. The number of amides is 1. The molecule has 2 rings (SSSR count). The molecular formula is C13H9Cl2NO4. The van der Waals surface area contributed by atoms with Crippen molar-refractivity contribution in [3.8, 4) is 5.75 Å². The summed E-state index contributed by atoms with van der Waals surface area (Å²) in [6.45, 7) is 0. The van der Waals surface area contributed by atoms with Crippen LogP contribution in [-0.2, 0) is 4.79 Å². The number of benzene rings is 1.